The summed E-state index contributed by atoms with van der Waals surface area (Å²) >= 11 is 6.14. The number of fused-ring (bicyclic) bond motifs is 1. The van der Waals surface area contributed by atoms with Gasteiger partial charge in [0.2, 0.25) is 5.91 Å². The van der Waals surface area contributed by atoms with E-state index < -0.39 is 12.0 Å². The lowest BCUT2D eigenvalue weighted by Crippen LogP contribution is -2.41. The van der Waals surface area contributed by atoms with Crippen molar-refractivity contribution in [3.8, 4) is 17.2 Å². The Balaban J connectivity index is 1.92. The van der Waals surface area contributed by atoms with Crippen molar-refractivity contribution in [2.75, 3.05) is 19.1 Å². The normalized spacial score (nSPS) is 15.1. The van der Waals surface area contributed by atoms with Gasteiger partial charge in [-0.25, -0.2) is 4.79 Å². The molecule has 0 fully saturated rings. The number of phenols is 1. The average Bonchev–Trinajstić information content (AvgIpc) is 2.83. The molecule has 1 N–H and O–H groups in total. The molecule has 35 heavy (non-hydrogen) atoms. The van der Waals surface area contributed by atoms with Crippen LogP contribution in [0.4, 0.5) is 5.69 Å². The Kier molecular flexibility index (Phi) is 6.89. The molecule has 0 aliphatic carbocycles. The number of amides is 1. The van der Waals surface area contributed by atoms with Gasteiger partial charge in [-0.2, -0.15) is 0 Å². The number of benzene rings is 3. The first-order valence-corrected chi connectivity index (χ1v) is 11.5. The van der Waals surface area contributed by atoms with Gasteiger partial charge in [0.1, 0.15) is 5.75 Å². The van der Waals surface area contributed by atoms with Crippen LogP contribution in [0.1, 0.15) is 46.9 Å². The van der Waals surface area contributed by atoms with Crippen LogP contribution in [-0.2, 0) is 16.0 Å². The molecule has 0 bridgehead atoms. The molecule has 7 nitrogen and oxygen atoms in total. The maximum atomic E-state index is 13.5. The Labute approximate surface area is 208 Å². The van der Waals surface area contributed by atoms with Crippen LogP contribution in [0.2, 0.25) is 5.02 Å². The zero-order valence-corrected chi connectivity index (χ0v) is 20.6. The number of nitrogens with zero attached hydrogens (tertiary/aromatic N) is 1. The summed E-state index contributed by atoms with van der Waals surface area (Å²) in [4.78, 5) is 27.0. The van der Waals surface area contributed by atoms with Crippen LogP contribution in [-0.4, -0.2) is 37.3 Å². The first-order valence-electron chi connectivity index (χ1n) is 11.1. The van der Waals surface area contributed by atoms with E-state index in [4.69, 9.17) is 25.8 Å². The number of halogens is 1. The van der Waals surface area contributed by atoms with Crippen molar-refractivity contribution in [2.24, 2.45) is 0 Å². The highest BCUT2D eigenvalue weighted by Gasteiger charge is 2.37. The molecule has 1 atom stereocenters. The minimum atomic E-state index is -0.584. The fourth-order valence-corrected chi connectivity index (χ4v) is 4.41. The molecule has 0 radical (unpaired) electrons. The molecule has 0 spiro atoms. The van der Waals surface area contributed by atoms with E-state index in [1.165, 1.54) is 24.1 Å². The third-order valence-corrected chi connectivity index (χ3v) is 6.05. The molecule has 182 valence electrons. The van der Waals surface area contributed by atoms with Gasteiger partial charge in [-0.3, -0.25) is 9.69 Å². The highest BCUT2D eigenvalue weighted by atomic mass is 35.5. The smallest absolute Gasteiger partial charge is 0.337 e. The van der Waals surface area contributed by atoms with Crippen LogP contribution in [0.25, 0.3) is 0 Å². The molecular formula is C27H26ClNO6. The Morgan fingerprint density at radius 2 is 1.77 bits per heavy atom. The third kappa shape index (κ3) is 4.77. The number of hydrogen-bond donors (Lipinski definition) is 1. The molecule has 3 aromatic rings. The van der Waals surface area contributed by atoms with Gasteiger partial charge in [-0.1, -0.05) is 23.7 Å². The second-order valence-electron chi connectivity index (χ2n) is 8.46. The number of carbonyl (C=O) groups excluding carboxylic acids is 2. The summed E-state index contributed by atoms with van der Waals surface area (Å²) in [7, 11) is 2.82. The summed E-state index contributed by atoms with van der Waals surface area (Å²) in [5, 5.41) is 11.4. The van der Waals surface area contributed by atoms with Gasteiger partial charge in [0, 0.05) is 5.02 Å². The van der Waals surface area contributed by atoms with Crippen molar-refractivity contribution < 1.29 is 28.9 Å². The van der Waals surface area contributed by atoms with Gasteiger partial charge in [0.05, 0.1) is 44.0 Å². The van der Waals surface area contributed by atoms with Crippen LogP contribution < -0.4 is 14.4 Å². The van der Waals surface area contributed by atoms with Crippen molar-refractivity contribution in [1.29, 1.82) is 0 Å². The molecule has 8 heteroatoms. The van der Waals surface area contributed by atoms with Crippen LogP contribution in [0, 0.1) is 0 Å². The second-order valence-corrected chi connectivity index (χ2v) is 8.89. The van der Waals surface area contributed by atoms with E-state index in [0.29, 0.717) is 16.5 Å². The van der Waals surface area contributed by atoms with Gasteiger partial charge in [-0.15, -0.1) is 0 Å². The topological polar surface area (TPSA) is 85.3 Å². The lowest BCUT2D eigenvalue weighted by atomic mass is 9.86. The SMILES string of the molecule is COC(=O)c1ccc(N2C(=O)Cc3cc(OC)c(OC(C)C)cc3C2c2ccc(Cl)cc2)c(O)c1. The average molecular weight is 496 g/mol. The van der Waals surface area contributed by atoms with Crippen molar-refractivity contribution in [1.82, 2.24) is 0 Å². The molecule has 3 aromatic carbocycles. The summed E-state index contributed by atoms with van der Waals surface area (Å²) in [6, 6.07) is 14.7. The summed E-state index contributed by atoms with van der Waals surface area (Å²) in [5.41, 5.74) is 2.87. The van der Waals surface area contributed by atoms with Crippen LogP contribution >= 0.6 is 11.6 Å². The predicted molar refractivity (Wildman–Crippen MR) is 133 cm³/mol. The zero-order chi connectivity index (χ0) is 25.3. The quantitative estimate of drug-likeness (QED) is 0.467. The first kappa shape index (κ1) is 24.4. The van der Waals surface area contributed by atoms with Crippen LogP contribution in [0.15, 0.2) is 54.6 Å². The molecule has 4 rings (SSSR count). The van der Waals surface area contributed by atoms with Crippen molar-refractivity contribution in [2.45, 2.75) is 32.4 Å². The third-order valence-electron chi connectivity index (χ3n) is 5.79. The number of phenolic OH excluding ortho intramolecular Hbond substituents is 1. The second kappa shape index (κ2) is 9.88. The van der Waals surface area contributed by atoms with E-state index in [1.54, 1.807) is 25.3 Å². The Morgan fingerprint density at radius 1 is 1.06 bits per heavy atom. The summed E-state index contributed by atoms with van der Waals surface area (Å²) in [6.45, 7) is 3.85. The van der Waals surface area contributed by atoms with E-state index in [1.807, 2.05) is 38.1 Å². The van der Waals surface area contributed by atoms with E-state index in [0.717, 1.165) is 16.7 Å². The van der Waals surface area contributed by atoms with Gasteiger partial charge in [-0.05, 0) is 73.0 Å². The van der Waals surface area contributed by atoms with Gasteiger partial charge < -0.3 is 19.3 Å². The highest BCUT2D eigenvalue weighted by molar-refractivity contribution is 6.30. The number of anilines is 1. The monoisotopic (exact) mass is 495 g/mol. The highest BCUT2D eigenvalue weighted by Crippen LogP contribution is 2.45. The first-order chi connectivity index (χ1) is 16.7. The maximum Gasteiger partial charge on any atom is 0.337 e. The fourth-order valence-electron chi connectivity index (χ4n) is 4.28. The van der Waals surface area contributed by atoms with E-state index >= 15 is 0 Å². The van der Waals surface area contributed by atoms with Crippen molar-refractivity contribution in [3.63, 3.8) is 0 Å². The van der Waals surface area contributed by atoms with Gasteiger partial charge >= 0.3 is 5.97 Å². The predicted octanol–water partition coefficient (Wildman–Crippen LogP) is 5.31. The maximum absolute atomic E-state index is 13.5. The number of ether oxygens (including phenoxy) is 3. The van der Waals surface area contributed by atoms with E-state index in [-0.39, 0.29) is 35.4 Å². The Bertz CT molecular complexity index is 1270. The lowest BCUT2D eigenvalue weighted by molar-refractivity contribution is -0.118. The molecule has 1 aliphatic heterocycles. The van der Waals surface area contributed by atoms with Gasteiger partial charge in [0.25, 0.3) is 0 Å². The molecule has 1 aliphatic rings. The number of methoxy groups -OCH3 is 2. The number of carbonyl (C=O) groups is 2. The zero-order valence-electron chi connectivity index (χ0n) is 19.9. The largest absolute Gasteiger partial charge is 0.506 e. The summed E-state index contributed by atoms with van der Waals surface area (Å²) in [5.74, 6) is 0.0755. The van der Waals surface area contributed by atoms with Crippen molar-refractivity contribution in [3.05, 3.63) is 81.9 Å². The fraction of sp³-hybridized carbons (Fsp3) is 0.259. The minimum Gasteiger partial charge on any atom is -0.506 e. The summed E-state index contributed by atoms with van der Waals surface area (Å²) < 4.78 is 16.3. The molecule has 1 heterocycles. The Morgan fingerprint density at radius 3 is 2.37 bits per heavy atom. The molecule has 0 saturated carbocycles. The molecule has 1 unspecified atom stereocenters. The molecule has 0 saturated heterocycles. The lowest BCUT2D eigenvalue weighted by Gasteiger charge is -2.38. The van der Waals surface area contributed by atoms with Crippen LogP contribution in [0.3, 0.4) is 0 Å². The number of esters is 1. The number of rotatable bonds is 6. The number of hydrogen-bond acceptors (Lipinski definition) is 6. The standard InChI is InChI=1S/C27H26ClNO6/c1-15(2)35-24-14-20-18(12-23(24)33-3)13-25(31)29(26(20)16-5-8-19(28)9-6-16)21-10-7-17(11-22(21)30)27(32)34-4/h5-12,14-15,26,30H,13H2,1-4H3. The molecule has 1 amide bonds. The molecule has 0 aromatic heterocycles. The van der Waals surface area contributed by atoms with Crippen LogP contribution in [0.5, 0.6) is 17.2 Å². The minimum absolute atomic E-state index is 0.0906. The molecular weight excluding hydrogens is 470 g/mol. The summed E-state index contributed by atoms with van der Waals surface area (Å²) in [6.07, 6.45) is 0.00260. The Hall–Kier alpha value is -3.71. The van der Waals surface area contributed by atoms with Gasteiger partial charge in [0.15, 0.2) is 11.5 Å². The van der Waals surface area contributed by atoms with E-state index in [2.05, 4.69) is 0 Å². The van der Waals surface area contributed by atoms with E-state index in [9.17, 15) is 14.7 Å². The van der Waals surface area contributed by atoms with Crippen molar-refractivity contribution >= 4 is 29.2 Å². The number of aromatic hydroxyl groups is 1.